The summed E-state index contributed by atoms with van der Waals surface area (Å²) in [7, 11) is 0. The Hall–Kier alpha value is -1.06. The van der Waals surface area contributed by atoms with Gasteiger partial charge in [-0.05, 0) is 37.0 Å². The van der Waals surface area contributed by atoms with E-state index in [1.54, 1.807) is 12.1 Å². The van der Waals surface area contributed by atoms with Crippen LogP contribution < -0.4 is 5.73 Å². The van der Waals surface area contributed by atoms with Gasteiger partial charge in [0.25, 0.3) is 0 Å². The van der Waals surface area contributed by atoms with E-state index in [2.05, 4.69) is 0 Å². The Morgan fingerprint density at radius 1 is 1.47 bits per heavy atom. The lowest BCUT2D eigenvalue weighted by atomic mass is 9.79. The molecule has 2 atom stereocenters. The van der Waals surface area contributed by atoms with Gasteiger partial charge in [0, 0.05) is 12.0 Å². The predicted octanol–water partition coefficient (Wildman–Crippen LogP) is 1.13. The van der Waals surface area contributed by atoms with Crippen LogP contribution in [0.3, 0.4) is 0 Å². The lowest BCUT2D eigenvalue weighted by molar-refractivity contribution is 0.174. The molecule has 0 bridgehead atoms. The Bertz CT molecular complexity index is 353. The number of benzene rings is 1. The maximum Gasteiger partial charge on any atom is 0.115 e. The molecule has 0 aromatic heterocycles. The molecule has 0 amide bonds. The highest BCUT2D eigenvalue weighted by Crippen LogP contribution is 2.41. The van der Waals surface area contributed by atoms with Crippen LogP contribution in [0.2, 0.25) is 0 Å². The van der Waals surface area contributed by atoms with Gasteiger partial charge in [-0.1, -0.05) is 12.1 Å². The molecule has 2 rings (SSSR count). The molecule has 1 aromatic carbocycles. The summed E-state index contributed by atoms with van der Waals surface area (Å²) >= 11 is 0. The maximum atomic E-state index is 9.61. The highest BCUT2D eigenvalue weighted by molar-refractivity contribution is 5.34. The second kappa shape index (κ2) is 3.83. The molecule has 1 aliphatic rings. The zero-order valence-electron chi connectivity index (χ0n) is 8.69. The van der Waals surface area contributed by atoms with Crippen molar-refractivity contribution in [3.8, 4) is 5.75 Å². The lowest BCUT2D eigenvalue weighted by Crippen LogP contribution is -2.32. The molecule has 0 heterocycles. The van der Waals surface area contributed by atoms with Gasteiger partial charge in [-0.25, -0.2) is 0 Å². The molecule has 1 aliphatic carbocycles. The van der Waals surface area contributed by atoms with Gasteiger partial charge in [0.1, 0.15) is 5.75 Å². The second-order valence-electron chi connectivity index (χ2n) is 4.43. The predicted molar refractivity (Wildman–Crippen MR) is 58.7 cm³/mol. The molecular formula is C12H17NO2. The van der Waals surface area contributed by atoms with Crippen LogP contribution in [0.15, 0.2) is 24.3 Å². The van der Waals surface area contributed by atoms with Crippen molar-refractivity contribution in [2.45, 2.75) is 30.8 Å². The molecule has 4 N–H and O–H groups in total. The minimum atomic E-state index is -0.254. The van der Waals surface area contributed by atoms with Gasteiger partial charge < -0.3 is 15.9 Å². The fourth-order valence-electron chi connectivity index (χ4n) is 2.50. The third-order valence-corrected chi connectivity index (χ3v) is 3.43. The van der Waals surface area contributed by atoms with Crippen LogP contribution in [0.4, 0.5) is 0 Å². The Morgan fingerprint density at radius 2 is 2.27 bits per heavy atom. The Labute approximate surface area is 89.5 Å². The van der Waals surface area contributed by atoms with Gasteiger partial charge in [-0.15, -0.1) is 0 Å². The van der Waals surface area contributed by atoms with E-state index < -0.39 is 0 Å². The fourth-order valence-corrected chi connectivity index (χ4v) is 2.50. The smallest absolute Gasteiger partial charge is 0.115 e. The van der Waals surface area contributed by atoms with Crippen molar-refractivity contribution in [2.75, 3.05) is 6.54 Å². The fraction of sp³-hybridized carbons (Fsp3) is 0.500. The highest BCUT2D eigenvalue weighted by atomic mass is 16.3. The average molecular weight is 207 g/mol. The van der Waals surface area contributed by atoms with E-state index in [1.807, 2.05) is 12.1 Å². The van der Waals surface area contributed by atoms with Gasteiger partial charge in [0.15, 0.2) is 0 Å². The summed E-state index contributed by atoms with van der Waals surface area (Å²) in [5.74, 6) is 0.265. The van der Waals surface area contributed by atoms with Crippen molar-refractivity contribution in [1.82, 2.24) is 0 Å². The number of hydrogen-bond donors (Lipinski definition) is 3. The molecule has 2 unspecified atom stereocenters. The summed E-state index contributed by atoms with van der Waals surface area (Å²) < 4.78 is 0. The lowest BCUT2D eigenvalue weighted by Gasteiger charge is -2.28. The molecule has 0 aliphatic heterocycles. The molecular weight excluding hydrogens is 190 g/mol. The number of rotatable bonds is 2. The SMILES string of the molecule is NCC1(c2cccc(O)c2)CCC(O)C1. The van der Waals surface area contributed by atoms with E-state index in [0.717, 1.165) is 18.4 Å². The topological polar surface area (TPSA) is 66.5 Å². The van der Waals surface area contributed by atoms with E-state index in [0.29, 0.717) is 13.0 Å². The molecule has 0 spiro atoms. The van der Waals surface area contributed by atoms with Gasteiger partial charge >= 0.3 is 0 Å². The zero-order chi connectivity index (χ0) is 10.9. The number of nitrogens with two attached hydrogens (primary N) is 1. The minimum Gasteiger partial charge on any atom is -0.508 e. The molecule has 3 nitrogen and oxygen atoms in total. The molecule has 0 radical (unpaired) electrons. The Kier molecular flexibility index (Phi) is 2.67. The van der Waals surface area contributed by atoms with Crippen LogP contribution in [0.1, 0.15) is 24.8 Å². The van der Waals surface area contributed by atoms with Crippen molar-refractivity contribution >= 4 is 0 Å². The number of aromatic hydroxyl groups is 1. The first-order valence-corrected chi connectivity index (χ1v) is 5.34. The third-order valence-electron chi connectivity index (χ3n) is 3.43. The molecule has 3 heteroatoms. The van der Waals surface area contributed by atoms with Crippen molar-refractivity contribution in [2.24, 2.45) is 5.73 Å². The Balaban J connectivity index is 2.34. The Morgan fingerprint density at radius 3 is 2.80 bits per heavy atom. The minimum absolute atomic E-state index is 0.141. The monoisotopic (exact) mass is 207 g/mol. The van der Waals surface area contributed by atoms with Gasteiger partial charge in [0.05, 0.1) is 6.10 Å². The number of phenolic OH excluding ortho intramolecular Hbond substituents is 1. The largest absolute Gasteiger partial charge is 0.508 e. The number of aliphatic hydroxyl groups is 1. The quantitative estimate of drug-likeness (QED) is 0.681. The molecule has 1 fully saturated rings. The first-order chi connectivity index (χ1) is 7.16. The van der Waals surface area contributed by atoms with Crippen LogP contribution in [0.25, 0.3) is 0 Å². The van der Waals surface area contributed by atoms with E-state index in [9.17, 15) is 10.2 Å². The van der Waals surface area contributed by atoms with E-state index in [4.69, 9.17) is 5.73 Å². The van der Waals surface area contributed by atoms with Crippen LogP contribution in [-0.4, -0.2) is 22.9 Å². The average Bonchev–Trinajstić information content (AvgIpc) is 2.61. The zero-order valence-corrected chi connectivity index (χ0v) is 8.69. The number of phenols is 1. The summed E-state index contributed by atoms with van der Waals surface area (Å²) in [5, 5.41) is 19.1. The second-order valence-corrected chi connectivity index (χ2v) is 4.43. The first-order valence-electron chi connectivity index (χ1n) is 5.34. The summed E-state index contributed by atoms with van der Waals surface area (Å²) in [6, 6.07) is 7.21. The van der Waals surface area contributed by atoms with Crippen LogP contribution in [0, 0.1) is 0 Å². The van der Waals surface area contributed by atoms with E-state index >= 15 is 0 Å². The third kappa shape index (κ3) is 1.85. The van der Waals surface area contributed by atoms with E-state index in [-0.39, 0.29) is 17.3 Å². The molecule has 0 saturated heterocycles. The summed E-state index contributed by atoms with van der Waals surface area (Å²) in [5.41, 5.74) is 6.72. The molecule has 82 valence electrons. The summed E-state index contributed by atoms with van der Waals surface area (Å²) in [6.45, 7) is 0.521. The van der Waals surface area contributed by atoms with Gasteiger partial charge in [-0.3, -0.25) is 0 Å². The van der Waals surface area contributed by atoms with Crippen molar-refractivity contribution in [1.29, 1.82) is 0 Å². The van der Waals surface area contributed by atoms with Crippen molar-refractivity contribution in [3.63, 3.8) is 0 Å². The standard InChI is InChI=1S/C12H17NO2/c13-8-12(5-4-11(15)7-12)9-2-1-3-10(14)6-9/h1-3,6,11,14-15H,4-5,7-8,13H2. The van der Waals surface area contributed by atoms with Crippen LogP contribution in [-0.2, 0) is 5.41 Å². The van der Waals surface area contributed by atoms with Crippen LogP contribution in [0.5, 0.6) is 5.75 Å². The molecule has 1 aromatic rings. The summed E-state index contributed by atoms with van der Waals surface area (Å²) in [6.07, 6.45) is 2.14. The number of hydrogen-bond acceptors (Lipinski definition) is 3. The maximum absolute atomic E-state index is 9.61. The van der Waals surface area contributed by atoms with Crippen molar-refractivity contribution in [3.05, 3.63) is 29.8 Å². The highest BCUT2D eigenvalue weighted by Gasteiger charge is 2.38. The summed E-state index contributed by atoms with van der Waals surface area (Å²) in [4.78, 5) is 0. The van der Waals surface area contributed by atoms with Gasteiger partial charge in [-0.2, -0.15) is 0 Å². The van der Waals surface area contributed by atoms with E-state index in [1.165, 1.54) is 0 Å². The normalized spacial score (nSPS) is 30.7. The van der Waals surface area contributed by atoms with Crippen molar-refractivity contribution < 1.29 is 10.2 Å². The molecule has 1 saturated carbocycles. The first kappa shape index (κ1) is 10.5. The van der Waals surface area contributed by atoms with Crippen LogP contribution >= 0.6 is 0 Å². The molecule has 15 heavy (non-hydrogen) atoms. The number of aliphatic hydroxyl groups excluding tert-OH is 1. The van der Waals surface area contributed by atoms with Gasteiger partial charge in [0.2, 0.25) is 0 Å².